The smallest absolute Gasteiger partial charge is 0.407 e. The molecule has 4 aromatic heterocycles. The summed E-state index contributed by atoms with van der Waals surface area (Å²) in [5, 5.41) is 11.0. The van der Waals surface area contributed by atoms with Gasteiger partial charge in [-0.15, -0.1) is 0 Å². The van der Waals surface area contributed by atoms with Crippen LogP contribution >= 0.6 is 0 Å². The Balaban J connectivity index is 1.05. The Morgan fingerprint density at radius 1 is 0.379 bits per heavy atom. The molecular weight excluding hydrogens is 815 g/mol. The Labute approximate surface area is 386 Å². The molecule has 1 aliphatic heterocycles. The van der Waals surface area contributed by atoms with E-state index in [1.165, 1.54) is 43.8 Å². The van der Waals surface area contributed by atoms with Crippen LogP contribution in [0.1, 0.15) is 105 Å². The molecule has 0 aliphatic carbocycles. The minimum Gasteiger partial charge on any atom is -0.407 e. The molecule has 66 heavy (non-hydrogen) atoms. The second-order valence-electron chi connectivity index (χ2n) is 22.9. The van der Waals surface area contributed by atoms with Crippen LogP contribution in [0.25, 0.3) is 82.1 Å². The summed E-state index contributed by atoms with van der Waals surface area (Å²) in [4.78, 5) is 0. The Morgan fingerprint density at radius 2 is 0.682 bits per heavy atom. The van der Waals surface area contributed by atoms with Crippen molar-refractivity contribution in [1.29, 1.82) is 0 Å². The normalized spacial score (nSPS) is 14.5. The lowest BCUT2D eigenvalue weighted by Gasteiger charge is -2.33. The van der Waals surface area contributed by atoms with Crippen LogP contribution < -0.4 is 8.96 Å². The SMILES string of the molecule is CC(C)(C)c1ccc2c(c1)c1cc(C(C)(C)C)ccc1n2-c1ccc2c(ccc3[n+]2[B-](F)(F)[n+]2c(ccc4cc(-n5c6ccc(C(C)(C)C)cc6c6cc(C(C)(C)C)ccc65)ccc42)[N-]3)c1. The van der Waals surface area contributed by atoms with Gasteiger partial charge >= 0.3 is 6.97 Å². The Kier molecular flexibility index (Phi) is 8.78. The van der Waals surface area contributed by atoms with Gasteiger partial charge in [0.05, 0.1) is 33.1 Å². The van der Waals surface area contributed by atoms with Crippen molar-refractivity contribution < 1.29 is 17.6 Å². The number of hydrogen-bond acceptors (Lipinski definition) is 0. The summed E-state index contributed by atoms with van der Waals surface area (Å²) in [5.41, 5.74) is 12.0. The van der Waals surface area contributed by atoms with Crippen LogP contribution in [0.15, 0.2) is 133 Å². The minimum atomic E-state index is -4.38. The molecule has 11 rings (SSSR count). The lowest BCUT2D eigenvalue weighted by Crippen LogP contribution is -2.79. The molecule has 10 aromatic rings. The third-order valence-corrected chi connectivity index (χ3v) is 14.2. The van der Waals surface area contributed by atoms with Gasteiger partial charge in [0.1, 0.15) is 0 Å². The van der Waals surface area contributed by atoms with Crippen molar-refractivity contribution in [3.05, 3.63) is 161 Å². The van der Waals surface area contributed by atoms with Gasteiger partial charge in [-0.25, -0.2) is 0 Å². The minimum absolute atomic E-state index is 0.0222. The molecule has 0 bridgehead atoms. The van der Waals surface area contributed by atoms with E-state index in [-0.39, 0.29) is 33.3 Å². The van der Waals surface area contributed by atoms with Gasteiger partial charge in [-0.2, -0.15) is 0 Å². The van der Waals surface area contributed by atoms with Gasteiger partial charge in [-0.3, -0.25) is 0 Å². The van der Waals surface area contributed by atoms with Crippen LogP contribution in [0.5, 0.6) is 0 Å². The van der Waals surface area contributed by atoms with Gasteiger partial charge in [-0.05, 0) is 141 Å². The fourth-order valence-corrected chi connectivity index (χ4v) is 10.3. The van der Waals surface area contributed by atoms with E-state index >= 15 is 8.63 Å². The molecule has 0 unspecified atom stereocenters. The van der Waals surface area contributed by atoms with Gasteiger partial charge < -0.3 is 26.7 Å². The first kappa shape index (κ1) is 42.1. The molecule has 6 aromatic carbocycles. The summed E-state index contributed by atoms with van der Waals surface area (Å²) in [5.74, 6) is 0.457. The fourth-order valence-electron chi connectivity index (χ4n) is 10.3. The van der Waals surface area contributed by atoms with E-state index < -0.39 is 6.97 Å². The average Bonchev–Trinajstić information content (AvgIpc) is 3.76. The van der Waals surface area contributed by atoms with E-state index in [4.69, 9.17) is 5.32 Å². The van der Waals surface area contributed by atoms with Crippen LogP contribution in [0.2, 0.25) is 0 Å². The van der Waals surface area contributed by atoms with Crippen molar-refractivity contribution >= 4 is 84.0 Å². The monoisotopic (exact) mass is 873 g/mol. The first-order valence-electron chi connectivity index (χ1n) is 23.4. The maximum atomic E-state index is 17.7. The number of nitrogens with zero attached hydrogens (tertiary/aromatic N) is 5. The van der Waals surface area contributed by atoms with Gasteiger partial charge in [0.2, 0.25) is 11.6 Å². The second-order valence-corrected chi connectivity index (χ2v) is 22.9. The zero-order valence-corrected chi connectivity index (χ0v) is 40.3. The number of benzene rings is 6. The first-order chi connectivity index (χ1) is 31.0. The van der Waals surface area contributed by atoms with Crippen molar-refractivity contribution in [3.63, 3.8) is 0 Å². The molecule has 0 radical (unpaired) electrons. The molecule has 8 heteroatoms. The molecule has 0 saturated heterocycles. The van der Waals surface area contributed by atoms with E-state index in [0.29, 0.717) is 21.8 Å². The van der Waals surface area contributed by atoms with Crippen molar-refractivity contribution in [2.45, 2.75) is 105 Å². The van der Waals surface area contributed by atoms with Crippen LogP contribution in [-0.2, 0) is 21.7 Å². The number of aromatic nitrogens is 4. The molecule has 0 atom stereocenters. The molecule has 0 spiro atoms. The Hall–Kier alpha value is -6.54. The summed E-state index contributed by atoms with van der Waals surface area (Å²) in [6, 6.07) is 46.1. The van der Waals surface area contributed by atoms with E-state index in [0.717, 1.165) is 42.4 Å². The standard InChI is InChI=1S/C58H58BF2N5/c1-55(2,3)37-15-21-49-43(31-37)44-32-38(56(4,5)6)16-22-50(44)63(49)41-19-25-47-35(29-41)13-27-53-62-54-28-14-36-30-42(20-26-48(36)66(54)59(60,61)65(47)53)64-51-23-17-39(57(7,8)9)33-45(51)46-34-40(58(10,11)12)18-24-52(46)64/h13-34H,1-12H3. The highest BCUT2D eigenvalue weighted by atomic mass is 19.2. The maximum absolute atomic E-state index is 17.7. The number of halogens is 2. The van der Waals surface area contributed by atoms with E-state index in [9.17, 15) is 0 Å². The Morgan fingerprint density at radius 3 is 0.970 bits per heavy atom. The molecule has 5 heterocycles. The molecule has 0 N–H and O–H groups in total. The lowest BCUT2D eigenvalue weighted by molar-refractivity contribution is -0.680. The molecule has 0 saturated carbocycles. The van der Waals surface area contributed by atoms with E-state index in [1.54, 1.807) is 12.1 Å². The number of pyridine rings is 2. The topological polar surface area (TPSA) is 31.7 Å². The molecular formula is C58H58BF2N5. The van der Waals surface area contributed by atoms with Gasteiger partial charge in [0, 0.05) is 55.8 Å². The number of hydrogen-bond donors (Lipinski definition) is 0. The predicted octanol–water partition coefficient (Wildman–Crippen LogP) is 15.4. The van der Waals surface area contributed by atoms with Gasteiger partial charge in [0.15, 0.2) is 0 Å². The van der Waals surface area contributed by atoms with E-state index in [1.807, 2.05) is 48.5 Å². The quantitative estimate of drug-likeness (QED) is 0.155. The van der Waals surface area contributed by atoms with Crippen LogP contribution in [0.4, 0.5) is 20.3 Å². The number of fused-ring (bicyclic) bond motifs is 12. The predicted molar refractivity (Wildman–Crippen MR) is 273 cm³/mol. The van der Waals surface area contributed by atoms with Crippen LogP contribution in [0, 0.1) is 0 Å². The van der Waals surface area contributed by atoms with Gasteiger partial charge in [-0.1, -0.05) is 113 Å². The highest BCUT2D eigenvalue weighted by Crippen LogP contribution is 2.41. The molecule has 0 amide bonds. The van der Waals surface area contributed by atoms with Crippen molar-refractivity contribution in [1.82, 2.24) is 9.13 Å². The van der Waals surface area contributed by atoms with E-state index in [2.05, 4.69) is 165 Å². The van der Waals surface area contributed by atoms with Crippen LogP contribution in [-0.4, -0.2) is 16.1 Å². The average molecular weight is 874 g/mol. The summed E-state index contributed by atoms with van der Waals surface area (Å²) in [6.07, 6.45) is 0. The summed E-state index contributed by atoms with van der Waals surface area (Å²) < 4.78 is 42.2. The second kappa shape index (κ2) is 13.8. The maximum Gasteiger partial charge on any atom is 0.674 e. The summed E-state index contributed by atoms with van der Waals surface area (Å²) >= 11 is 0. The lowest BCUT2D eigenvalue weighted by atomic mass is 9.85. The Bertz CT molecular complexity index is 3310. The van der Waals surface area contributed by atoms with Crippen molar-refractivity contribution in [2.24, 2.45) is 0 Å². The van der Waals surface area contributed by atoms with Crippen LogP contribution in [0.3, 0.4) is 0 Å². The molecule has 1 aliphatic rings. The first-order valence-corrected chi connectivity index (χ1v) is 23.4. The largest absolute Gasteiger partial charge is 0.674 e. The number of rotatable bonds is 2. The van der Waals surface area contributed by atoms with Gasteiger partial charge in [0.25, 0.3) is 0 Å². The third kappa shape index (κ3) is 6.38. The fraction of sp³-hybridized carbons (Fsp3) is 0.276. The molecule has 5 nitrogen and oxygen atoms in total. The van der Waals surface area contributed by atoms with Crippen molar-refractivity contribution in [2.75, 3.05) is 0 Å². The highest BCUT2D eigenvalue weighted by Gasteiger charge is 2.48. The third-order valence-electron chi connectivity index (χ3n) is 14.2. The summed E-state index contributed by atoms with van der Waals surface area (Å²) in [7, 11) is 0. The zero-order valence-electron chi connectivity index (χ0n) is 40.3. The molecule has 332 valence electrons. The van der Waals surface area contributed by atoms with Crippen molar-refractivity contribution in [3.8, 4) is 11.4 Å². The highest BCUT2D eigenvalue weighted by molar-refractivity contribution is 6.49. The summed E-state index contributed by atoms with van der Waals surface area (Å²) in [6.45, 7) is 22.5. The molecule has 0 fully saturated rings. The zero-order chi connectivity index (χ0) is 46.6.